The molecule has 0 unspecified atom stereocenters. The number of nitrogen functional groups attached to an aromatic ring is 1. The summed E-state index contributed by atoms with van der Waals surface area (Å²) in [6, 6.07) is 0. The third-order valence-corrected chi connectivity index (χ3v) is 1.93. The predicted molar refractivity (Wildman–Crippen MR) is 51.4 cm³/mol. The van der Waals surface area contributed by atoms with E-state index >= 15 is 0 Å². The van der Waals surface area contributed by atoms with Gasteiger partial charge in [-0.25, -0.2) is 9.97 Å². The van der Waals surface area contributed by atoms with Crippen LogP contribution in [-0.4, -0.2) is 15.1 Å². The lowest BCUT2D eigenvalue weighted by Gasteiger charge is -1.97. The van der Waals surface area contributed by atoms with Crippen molar-refractivity contribution in [3.05, 3.63) is 23.8 Å². The first-order valence-corrected chi connectivity index (χ1v) is 4.19. The summed E-state index contributed by atoms with van der Waals surface area (Å²) in [4.78, 5) is 8.21. The molecule has 0 amide bonds. The summed E-state index contributed by atoms with van der Waals surface area (Å²) in [7, 11) is 0. The van der Waals surface area contributed by atoms with E-state index in [1.165, 1.54) is 0 Å². The minimum absolute atomic E-state index is 0.542. The van der Waals surface area contributed by atoms with Gasteiger partial charge in [0.1, 0.15) is 5.76 Å². The van der Waals surface area contributed by atoms with Crippen molar-refractivity contribution in [3.63, 3.8) is 0 Å². The van der Waals surface area contributed by atoms with Crippen LogP contribution >= 0.6 is 0 Å². The Morgan fingerprint density at radius 2 is 1.86 bits per heavy atom. The first kappa shape index (κ1) is 8.68. The Kier molecular flexibility index (Phi) is 1.92. The molecule has 0 aromatic carbocycles. The van der Waals surface area contributed by atoms with Crippen molar-refractivity contribution in [2.45, 2.75) is 13.8 Å². The molecule has 14 heavy (non-hydrogen) atoms. The van der Waals surface area contributed by atoms with E-state index in [4.69, 9.17) is 10.3 Å². The van der Waals surface area contributed by atoms with Gasteiger partial charge in [-0.05, 0) is 13.8 Å². The van der Waals surface area contributed by atoms with Crippen LogP contribution in [0.15, 0.2) is 16.9 Å². The number of anilines is 1. The van der Waals surface area contributed by atoms with Crippen LogP contribution in [0.3, 0.4) is 0 Å². The molecule has 0 aliphatic rings. The molecule has 2 N–H and O–H groups in total. The summed E-state index contributed by atoms with van der Waals surface area (Å²) in [5, 5.41) is 3.83. The highest BCUT2D eigenvalue weighted by Gasteiger charge is 2.13. The number of aryl methyl sites for hydroxylation is 2. The van der Waals surface area contributed by atoms with Gasteiger partial charge >= 0.3 is 0 Å². The SMILES string of the molecule is Cc1noc(C)c1-c1ncc(N)cn1. The smallest absolute Gasteiger partial charge is 0.164 e. The zero-order valence-corrected chi connectivity index (χ0v) is 7.98. The van der Waals surface area contributed by atoms with Gasteiger partial charge in [0.15, 0.2) is 5.82 Å². The minimum Gasteiger partial charge on any atom is -0.396 e. The predicted octanol–water partition coefficient (Wildman–Crippen LogP) is 1.33. The second-order valence-corrected chi connectivity index (χ2v) is 3.04. The molecular formula is C9H10N4O. The molecule has 0 aliphatic heterocycles. The molecule has 0 fully saturated rings. The highest BCUT2D eigenvalue weighted by atomic mass is 16.5. The molecule has 0 saturated heterocycles. The number of rotatable bonds is 1. The minimum atomic E-state index is 0.542. The van der Waals surface area contributed by atoms with Crippen LogP contribution in [0, 0.1) is 13.8 Å². The summed E-state index contributed by atoms with van der Waals surface area (Å²) in [5.74, 6) is 1.31. The van der Waals surface area contributed by atoms with Crippen molar-refractivity contribution >= 4 is 5.69 Å². The monoisotopic (exact) mass is 190 g/mol. The maximum Gasteiger partial charge on any atom is 0.164 e. The third kappa shape index (κ3) is 1.32. The number of hydrogen-bond acceptors (Lipinski definition) is 5. The van der Waals surface area contributed by atoms with Crippen molar-refractivity contribution in [1.29, 1.82) is 0 Å². The number of nitrogens with two attached hydrogens (primary N) is 1. The van der Waals surface area contributed by atoms with Crippen LogP contribution in [0.1, 0.15) is 11.5 Å². The van der Waals surface area contributed by atoms with Crippen molar-refractivity contribution < 1.29 is 4.52 Å². The zero-order valence-electron chi connectivity index (χ0n) is 7.98. The number of aromatic nitrogens is 3. The molecule has 72 valence electrons. The highest BCUT2D eigenvalue weighted by molar-refractivity contribution is 5.60. The second-order valence-electron chi connectivity index (χ2n) is 3.04. The lowest BCUT2D eigenvalue weighted by molar-refractivity contribution is 0.393. The molecule has 2 heterocycles. The fraction of sp³-hybridized carbons (Fsp3) is 0.222. The van der Waals surface area contributed by atoms with Crippen LogP contribution in [0.2, 0.25) is 0 Å². The van der Waals surface area contributed by atoms with E-state index in [-0.39, 0.29) is 0 Å². The van der Waals surface area contributed by atoms with E-state index in [1.807, 2.05) is 13.8 Å². The molecule has 0 spiro atoms. The van der Waals surface area contributed by atoms with Gasteiger partial charge in [0, 0.05) is 0 Å². The molecule has 5 heteroatoms. The summed E-state index contributed by atoms with van der Waals surface area (Å²) < 4.78 is 5.02. The fourth-order valence-corrected chi connectivity index (χ4v) is 1.27. The Balaban J connectivity index is 2.54. The molecule has 0 radical (unpaired) electrons. The van der Waals surface area contributed by atoms with E-state index in [0.717, 1.165) is 11.3 Å². The van der Waals surface area contributed by atoms with Crippen LogP contribution in [-0.2, 0) is 0 Å². The van der Waals surface area contributed by atoms with Crippen LogP contribution in [0.5, 0.6) is 0 Å². The Morgan fingerprint density at radius 3 is 2.36 bits per heavy atom. The molecule has 0 atom stereocenters. The van der Waals surface area contributed by atoms with Gasteiger partial charge in [-0.1, -0.05) is 5.16 Å². The Bertz CT molecular complexity index is 427. The van der Waals surface area contributed by atoms with E-state index in [9.17, 15) is 0 Å². The highest BCUT2D eigenvalue weighted by Crippen LogP contribution is 2.22. The Morgan fingerprint density at radius 1 is 1.21 bits per heavy atom. The van der Waals surface area contributed by atoms with Gasteiger partial charge in [-0.15, -0.1) is 0 Å². The number of nitrogens with zero attached hydrogens (tertiary/aromatic N) is 3. The average molecular weight is 190 g/mol. The molecular weight excluding hydrogens is 180 g/mol. The Hall–Kier alpha value is -1.91. The van der Waals surface area contributed by atoms with Gasteiger partial charge in [-0.2, -0.15) is 0 Å². The van der Waals surface area contributed by atoms with Crippen LogP contribution in [0.25, 0.3) is 11.4 Å². The summed E-state index contributed by atoms with van der Waals surface area (Å²) in [5.41, 5.74) is 7.66. The molecule has 2 aromatic heterocycles. The standard InChI is InChI=1S/C9H10N4O/c1-5-8(6(2)14-13-5)9-11-3-7(10)4-12-9/h3-4H,10H2,1-2H3. The summed E-state index contributed by atoms with van der Waals surface area (Å²) >= 11 is 0. The van der Waals surface area contributed by atoms with E-state index in [1.54, 1.807) is 12.4 Å². The first-order valence-electron chi connectivity index (χ1n) is 4.19. The van der Waals surface area contributed by atoms with E-state index < -0.39 is 0 Å². The molecule has 0 bridgehead atoms. The molecule has 5 nitrogen and oxygen atoms in total. The summed E-state index contributed by atoms with van der Waals surface area (Å²) in [6.07, 6.45) is 3.13. The molecule has 0 saturated carbocycles. The molecule has 2 rings (SSSR count). The lowest BCUT2D eigenvalue weighted by Crippen LogP contribution is -1.93. The summed E-state index contributed by atoms with van der Waals surface area (Å²) in [6.45, 7) is 3.68. The quantitative estimate of drug-likeness (QED) is 0.733. The van der Waals surface area contributed by atoms with Crippen molar-refractivity contribution in [3.8, 4) is 11.4 Å². The maximum absolute atomic E-state index is 5.49. The lowest BCUT2D eigenvalue weighted by atomic mass is 10.2. The largest absolute Gasteiger partial charge is 0.396 e. The topological polar surface area (TPSA) is 77.8 Å². The van der Waals surface area contributed by atoms with Gasteiger partial charge in [0.05, 0.1) is 29.3 Å². The van der Waals surface area contributed by atoms with Gasteiger partial charge in [0.25, 0.3) is 0 Å². The molecule has 2 aromatic rings. The van der Waals surface area contributed by atoms with Gasteiger partial charge in [0.2, 0.25) is 0 Å². The van der Waals surface area contributed by atoms with Crippen molar-refractivity contribution in [2.24, 2.45) is 0 Å². The van der Waals surface area contributed by atoms with Crippen molar-refractivity contribution in [2.75, 3.05) is 5.73 Å². The van der Waals surface area contributed by atoms with Crippen LogP contribution < -0.4 is 5.73 Å². The van der Waals surface area contributed by atoms with Crippen molar-refractivity contribution in [1.82, 2.24) is 15.1 Å². The number of hydrogen-bond donors (Lipinski definition) is 1. The normalized spacial score (nSPS) is 10.4. The first-order chi connectivity index (χ1) is 6.68. The second kappa shape index (κ2) is 3.10. The van der Waals surface area contributed by atoms with E-state index in [0.29, 0.717) is 17.3 Å². The van der Waals surface area contributed by atoms with Gasteiger partial charge in [-0.3, -0.25) is 0 Å². The van der Waals surface area contributed by atoms with E-state index in [2.05, 4.69) is 15.1 Å². The fourth-order valence-electron chi connectivity index (χ4n) is 1.27. The average Bonchev–Trinajstić information content (AvgIpc) is 2.49. The van der Waals surface area contributed by atoms with Crippen LogP contribution in [0.4, 0.5) is 5.69 Å². The molecule has 0 aliphatic carbocycles. The maximum atomic E-state index is 5.49. The Labute approximate surface area is 81.0 Å². The van der Waals surface area contributed by atoms with Gasteiger partial charge < -0.3 is 10.3 Å². The zero-order chi connectivity index (χ0) is 10.1. The third-order valence-electron chi connectivity index (χ3n) is 1.93.